The molecular weight excluding hydrogens is 979 g/mol. The second kappa shape index (κ2) is 25.9. The number of hydrogen-bond acceptors (Lipinski definition) is 13. The zero-order valence-electron chi connectivity index (χ0n) is 42.9. The van der Waals surface area contributed by atoms with Gasteiger partial charge >= 0.3 is 0 Å². The summed E-state index contributed by atoms with van der Waals surface area (Å²) in [6.45, 7) is 4.51. The van der Waals surface area contributed by atoms with Gasteiger partial charge in [-0.25, -0.2) is 0 Å². The molecule has 4 aromatic rings. The molecule has 76 heavy (non-hydrogen) atoms. The van der Waals surface area contributed by atoms with Crippen molar-refractivity contribution in [1.82, 2.24) is 36.4 Å². The Labute approximate surface area is 441 Å². The number of fused-ring (bicyclic) bond motifs is 2. The number of unbranched alkanes of at least 4 members (excludes halogenated alkanes) is 2. The number of aryl methyl sites for hydroxylation is 1. The van der Waals surface area contributed by atoms with Crippen molar-refractivity contribution >= 4 is 41.4 Å². The zero-order chi connectivity index (χ0) is 54.6. The number of aromatic hydroxyl groups is 1. The maximum absolute atomic E-state index is 14.4. The fraction of sp³-hybridized carbons (Fsp3) is 0.446. The molecule has 3 fully saturated rings. The maximum atomic E-state index is 14.4. The molecule has 10 atom stereocenters. The standard InChI is InChI=1S/C56H69N7O13/c1-4-5-6-28-76-42-24-20-38(21-25-42)36-14-12-35(13-15-36)37-16-18-39(19-17-37)50(69)58-43-8-7-27-57-54(73)49-46(68)31-63(49)56(75)48(33(3)65)61-52(71)44(26-11-34-9-22-40(66)23-10-34)59-53(72)45-29-41(67)30-62(45)55(74)47(32(2)64)60-51(43)70/h9-10,12-25,32-33,41,43-49,64-68H,4-8,11,26-31H2,1-3H3,(H,57,73)(H,58,69)(H,59,72)(H,60,70)(H,61,71)/t32?,33?,41-,43+,44?,45?,46+,47?,48?,49?/m1/s1. The molecule has 10 N–H and O–H groups in total. The number of hydrogen-bond donors (Lipinski definition) is 10. The summed E-state index contributed by atoms with van der Waals surface area (Å²) in [4.78, 5) is 100. The van der Waals surface area contributed by atoms with Gasteiger partial charge in [0.25, 0.3) is 5.91 Å². The van der Waals surface area contributed by atoms with Crippen molar-refractivity contribution in [2.45, 2.75) is 133 Å². The van der Waals surface area contributed by atoms with Crippen molar-refractivity contribution in [2.75, 3.05) is 26.2 Å². The van der Waals surface area contributed by atoms with Gasteiger partial charge in [-0.1, -0.05) is 80.4 Å². The molecule has 7 amide bonds. The summed E-state index contributed by atoms with van der Waals surface area (Å²) in [5, 5.41) is 66.2. The average molecular weight is 1050 g/mol. The third kappa shape index (κ3) is 14.1. The minimum atomic E-state index is -1.70. The summed E-state index contributed by atoms with van der Waals surface area (Å²) in [6, 6.07) is 19.7. The van der Waals surface area contributed by atoms with Crippen molar-refractivity contribution < 1.29 is 63.8 Å². The molecule has 7 unspecified atom stereocenters. The van der Waals surface area contributed by atoms with E-state index >= 15 is 0 Å². The molecule has 0 saturated carbocycles. The first-order chi connectivity index (χ1) is 36.4. The zero-order valence-corrected chi connectivity index (χ0v) is 42.9. The van der Waals surface area contributed by atoms with E-state index < -0.39 is 102 Å². The Morgan fingerprint density at radius 2 is 1.26 bits per heavy atom. The Morgan fingerprint density at radius 1 is 0.697 bits per heavy atom. The van der Waals surface area contributed by atoms with Crippen LogP contribution < -0.4 is 31.3 Å². The molecule has 20 nitrogen and oxygen atoms in total. The van der Waals surface area contributed by atoms with Crippen LogP contribution in [0.25, 0.3) is 22.3 Å². The van der Waals surface area contributed by atoms with Gasteiger partial charge in [0.05, 0.1) is 31.5 Å². The lowest BCUT2D eigenvalue weighted by atomic mass is 9.95. The van der Waals surface area contributed by atoms with Crippen LogP contribution in [0, 0.1) is 0 Å². The number of phenols is 1. The second-order valence-corrected chi connectivity index (χ2v) is 19.8. The van der Waals surface area contributed by atoms with E-state index in [9.17, 15) is 59.1 Å². The molecule has 0 bridgehead atoms. The smallest absolute Gasteiger partial charge is 0.251 e. The number of carbonyl (C=O) groups is 7. The third-order valence-corrected chi connectivity index (χ3v) is 14.0. The van der Waals surface area contributed by atoms with Crippen LogP contribution in [0.15, 0.2) is 97.1 Å². The number of carbonyl (C=O) groups excluding carboxylic acids is 7. The van der Waals surface area contributed by atoms with Crippen LogP contribution in [0.4, 0.5) is 0 Å². The number of nitrogens with zero attached hydrogens (tertiary/aromatic N) is 2. The molecule has 406 valence electrons. The second-order valence-electron chi connectivity index (χ2n) is 19.8. The van der Waals surface area contributed by atoms with Gasteiger partial charge in [0.1, 0.15) is 53.9 Å². The topological polar surface area (TPSA) is 296 Å². The first-order valence-electron chi connectivity index (χ1n) is 26.0. The Balaban J connectivity index is 1.10. The van der Waals surface area contributed by atoms with Crippen LogP contribution in [0.2, 0.25) is 0 Å². The van der Waals surface area contributed by atoms with Crippen LogP contribution in [0.1, 0.15) is 81.6 Å². The van der Waals surface area contributed by atoms with Crippen molar-refractivity contribution in [3.8, 4) is 33.8 Å². The van der Waals surface area contributed by atoms with Crippen molar-refractivity contribution in [2.24, 2.45) is 0 Å². The minimum absolute atomic E-state index is 0.00656. The van der Waals surface area contributed by atoms with E-state index in [4.69, 9.17) is 4.74 Å². The van der Waals surface area contributed by atoms with Crippen LogP contribution in [-0.4, -0.2) is 164 Å². The van der Waals surface area contributed by atoms with Gasteiger partial charge in [0.2, 0.25) is 35.4 Å². The van der Waals surface area contributed by atoms with Crippen LogP contribution in [-0.2, 0) is 35.2 Å². The van der Waals surface area contributed by atoms with Crippen molar-refractivity contribution in [1.29, 1.82) is 0 Å². The maximum Gasteiger partial charge on any atom is 0.251 e. The minimum Gasteiger partial charge on any atom is -0.508 e. The summed E-state index contributed by atoms with van der Waals surface area (Å²) in [5.74, 6) is -5.15. The van der Waals surface area contributed by atoms with Gasteiger partial charge in [-0.15, -0.1) is 0 Å². The lowest BCUT2D eigenvalue weighted by molar-refractivity contribution is -0.164. The average Bonchev–Trinajstić information content (AvgIpc) is 3.82. The number of nitrogens with one attached hydrogen (secondary N) is 5. The Hall–Kier alpha value is -7.39. The number of aliphatic hydroxyl groups excluding tert-OH is 4. The van der Waals surface area contributed by atoms with E-state index in [0.29, 0.717) is 12.2 Å². The third-order valence-electron chi connectivity index (χ3n) is 14.0. The first-order valence-corrected chi connectivity index (χ1v) is 26.0. The molecule has 4 aromatic carbocycles. The number of benzene rings is 4. The highest BCUT2D eigenvalue weighted by molar-refractivity contribution is 6.00. The molecule has 0 spiro atoms. The molecule has 3 aliphatic heterocycles. The molecular formula is C56H69N7O13. The monoisotopic (exact) mass is 1050 g/mol. The van der Waals surface area contributed by atoms with E-state index in [1.54, 1.807) is 36.4 Å². The quantitative estimate of drug-likeness (QED) is 0.0806. The molecule has 3 aliphatic rings. The van der Waals surface area contributed by atoms with Gasteiger partial charge in [0, 0.05) is 25.1 Å². The van der Waals surface area contributed by atoms with Gasteiger partial charge in [0.15, 0.2) is 0 Å². The molecule has 0 radical (unpaired) electrons. The van der Waals surface area contributed by atoms with Crippen LogP contribution in [0.3, 0.4) is 0 Å². The van der Waals surface area contributed by atoms with Gasteiger partial charge in [-0.2, -0.15) is 0 Å². The molecule has 0 aliphatic carbocycles. The van der Waals surface area contributed by atoms with Crippen LogP contribution in [0.5, 0.6) is 11.5 Å². The predicted octanol–water partition coefficient (Wildman–Crippen LogP) is 1.69. The molecule has 3 saturated heterocycles. The molecule has 3 heterocycles. The van der Waals surface area contributed by atoms with Crippen LogP contribution >= 0.6 is 0 Å². The predicted molar refractivity (Wildman–Crippen MR) is 279 cm³/mol. The molecule has 0 aromatic heterocycles. The van der Waals surface area contributed by atoms with Gasteiger partial charge in [-0.05, 0) is 110 Å². The summed E-state index contributed by atoms with van der Waals surface area (Å²) in [5.41, 5.74) is 4.58. The number of ether oxygens (including phenoxy) is 1. The number of phenolic OH excluding ortho intramolecular Hbond substituents is 1. The normalized spacial score (nSPS) is 24.8. The van der Waals surface area contributed by atoms with E-state index in [1.807, 2.05) is 48.5 Å². The summed E-state index contributed by atoms with van der Waals surface area (Å²) in [6.07, 6.45) is -2.68. The van der Waals surface area contributed by atoms with E-state index in [0.717, 1.165) is 57.1 Å². The van der Waals surface area contributed by atoms with Crippen molar-refractivity contribution in [3.63, 3.8) is 0 Å². The summed E-state index contributed by atoms with van der Waals surface area (Å²) in [7, 11) is 0. The largest absolute Gasteiger partial charge is 0.508 e. The number of rotatable bonds is 14. The lowest BCUT2D eigenvalue weighted by Crippen LogP contribution is -2.71. The van der Waals surface area contributed by atoms with E-state index in [2.05, 4.69) is 33.5 Å². The lowest BCUT2D eigenvalue weighted by Gasteiger charge is -2.45. The summed E-state index contributed by atoms with van der Waals surface area (Å²) >= 11 is 0. The Bertz CT molecular complexity index is 2670. The Kier molecular flexibility index (Phi) is 19.2. The summed E-state index contributed by atoms with van der Waals surface area (Å²) < 4.78 is 5.85. The fourth-order valence-electron chi connectivity index (χ4n) is 9.57. The fourth-order valence-corrected chi connectivity index (χ4v) is 9.57. The van der Waals surface area contributed by atoms with Crippen molar-refractivity contribution in [3.05, 3.63) is 108 Å². The Morgan fingerprint density at radius 3 is 1.84 bits per heavy atom. The van der Waals surface area contributed by atoms with Gasteiger partial charge in [-0.3, -0.25) is 33.6 Å². The molecule has 20 heteroatoms. The van der Waals surface area contributed by atoms with Gasteiger partial charge < -0.3 is 66.7 Å². The first kappa shape index (κ1) is 56.3. The van der Waals surface area contributed by atoms with E-state index in [1.165, 1.54) is 26.0 Å². The highest BCUT2D eigenvalue weighted by Crippen LogP contribution is 2.28. The highest BCUT2D eigenvalue weighted by atomic mass is 16.5. The number of amides is 7. The SMILES string of the molecule is CCCCCOc1ccc(-c2ccc(-c3ccc(C(=O)N[C@H]4CCCNC(=O)C5[C@@H](O)CN5C(=O)C(C(C)O)NC(=O)C(CCc5ccc(O)cc5)NC(=O)C5C[C@@H](O)CN5C(=O)C(C(C)O)NC4=O)cc3)cc2)cc1. The van der Waals surface area contributed by atoms with E-state index in [-0.39, 0.29) is 63.1 Å². The highest BCUT2D eigenvalue weighted by Gasteiger charge is 2.49. The molecule has 7 rings (SSSR count). The number of aliphatic hydroxyl groups is 4.